The van der Waals surface area contributed by atoms with Gasteiger partial charge in [-0.25, -0.2) is 15.0 Å². The maximum absolute atomic E-state index is 5.90. The van der Waals surface area contributed by atoms with E-state index in [0.29, 0.717) is 28.7 Å². The van der Waals surface area contributed by atoms with E-state index in [1.54, 1.807) is 26.6 Å². The lowest BCUT2D eigenvalue weighted by Gasteiger charge is -2.29. The van der Waals surface area contributed by atoms with E-state index in [1.807, 2.05) is 25.1 Å². The maximum Gasteiger partial charge on any atom is 0.235 e. The Bertz CT molecular complexity index is 1010. The van der Waals surface area contributed by atoms with Crippen LogP contribution < -0.4 is 9.46 Å². The number of nitrogens with one attached hydrogen (secondary N) is 1. The quantitative estimate of drug-likeness (QED) is 0.466. The van der Waals surface area contributed by atoms with Gasteiger partial charge in [-0.2, -0.15) is 0 Å². The zero-order valence-corrected chi connectivity index (χ0v) is 19.1. The van der Waals surface area contributed by atoms with Crippen LogP contribution in [0.25, 0.3) is 11.5 Å². The van der Waals surface area contributed by atoms with Gasteiger partial charge in [-0.15, -0.1) is 10.2 Å². The summed E-state index contributed by atoms with van der Waals surface area (Å²) in [7, 11) is 3.24. The monoisotopic (exact) mass is 461 g/mol. The Balaban J connectivity index is 1.54. The molecule has 0 amide bonds. The fourth-order valence-corrected chi connectivity index (χ4v) is 4.25. The van der Waals surface area contributed by atoms with E-state index >= 15 is 0 Å². The summed E-state index contributed by atoms with van der Waals surface area (Å²) in [5, 5.41) is 9.31. The van der Waals surface area contributed by atoms with Crippen LogP contribution in [0.3, 0.4) is 0 Å². The van der Waals surface area contributed by atoms with Crippen molar-refractivity contribution in [3.8, 4) is 17.4 Å². The molecule has 1 aliphatic carbocycles. The molecule has 31 heavy (non-hydrogen) atoms. The minimum Gasteiger partial charge on any atom is -0.481 e. The topological polar surface area (TPSA) is 99.9 Å². The molecule has 0 aromatic carbocycles. The van der Waals surface area contributed by atoms with E-state index in [9.17, 15) is 0 Å². The van der Waals surface area contributed by atoms with Gasteiger partial charge in [0.05, 0.1) is 17.4 Å². The number of anilines is 1. The Morgan fingerprint density at radius 2 is 1.97 bits per heavy atom. The molecule has 2 unspecified atom stereocenters. The van der Waals surface area contributed by atoms with Crippen molar-refractivity contribution in [3.63, 3.8) is 0 Å². The summed E-state index contributed by atoms with van der Waals surface area (Å²) in [6.07, 6.45) is 6.19. The van der Waals surface area contributed by atoms with Crippen LogP contribution in [0.15, 0.2) is 30.6 Å². The standard InChI is InChI=1S/C20H24ClN7O2S/c1-12(17(30-3)18-22-10-13(21)11-23-18)31-27-20-26-25-19(28(20)14-6-4-7-14)15-8-5-9-16(24-15)29-2/h5,8-12,14,17H,4,6-7H2,1-3H3,(H,26,27). The van der Waals surface area contributed by atoms with Crippen LogP contribution in [0.5, 0.6) is 5.88 Å². The number of halogens is 1. The van der Waals surface area contributed by atoms with Crippen molar-refractivity contribution in [3.05, 3.63) is 41.4 Å². The minimum absolute atomic E-state index is 0.00360. The number of ether oxygens (including phenoxy) is 2. The average Bonchev–Trinajstić information content (AvgIpc) is 3.16. The molecule has 3 heterocycles. The number of methoxy groups -OCH3 is 2. The first-order valence-electron chi connectivity index (χ1n) is 9.99. The number of hydrogen-bond donors (Lipinski definition) is 1. The first kappa shape index (κ1) is 21.8. The smallest absolute Gasteiger partial charge is 0.235 e. The first-order valence-corrected chi connectivity index (χ1v) is 11.2. The fourth-order valence-electron chi connectivity index (χ4n) is 3.36. The molecular formula is C20H24ClN7O2S. The van der Waals surface area contributed by atoms with Crippen molar-refractivity contribution in [2.24, 2.45) is 0 Å². The van der Waals surface area contributed by atoms with Gasteiger partial charge in [0.1, 0.15) is 11.8 Å². The van der Waals surface area contributed by atoms with Crippen molar-refractivity contribution < 1.29 is 9.47 Å². The predicted octanol–water partition coefficient (Wildman–Crippen LogP) is 4.35. The summed E-state index contributed by atoms with van der Waals surface area (Å²) in [4.78, 5) is 13.1. The molecule has 0 saturated heterocycles. The van der Waals surface area contributed by atoms with Crippen LogP contribution >= 0.6 is 23.5 Å². The van der Waals surface area contributed by atoms with Crippen molar-refractivity contribution in [1.82, 2.24) is 29.7 Å². The normalized spacial score (nSPS) is 15.9. The third-order valence-corrected chi connectivity index (χ3v) is 6.32. The highest BCUT2D eigenvalue weighted by atomic mass is 35.5. The van der Waals surface area contributed by atoms with Gasteiger partial charge in [-0.05, 0) is 44.2 Å². The van der Waals surface area contributed by atoms with Crippen LogP contribution in [-0.4, -0.2) is 49.2 Å². The molecule has 0 aliphatic heterocycles. The van der Waals surface area contributed by atoms with Crippen LogP contribution in [0.2, 0.25) is 5.02 Å². The van der Waals surface area contributed by atoms with E-state index in [0.717, 1.165) is 24.4 Å². The fraction of sp³-hybridized carbons (Fsp3) is 0.450. The molecule has 4 rings (SSSR count). The van der Waals surface area contributed by atoms with E-state index in [2.05, 4.69) is 34.4 Å². The van der Waals surface area contributed by atoms with E-state index in [4.69, 9.17) is 21.1 Å². The molecule has 1 N–H and O–H groups in total. The van der Waals surface area contributed by atoms with Gasteiger partial charge in [0, 0.05) is 31.6 Å². The van der Waals surface area contributed by atoms with E-state index < -0.39 is 0 Å². The largest absolute Gasteiger partial charge is 0.481 e. The molecule has 0 spiro atoms. The summed E-state index contributed by atoms with van der Waals surface area (Å²) in [5.74, 6) is 2.54. The average molecular weight is 462 g/mol. The third kappa shape index (κ3) is 4.76. The van der Waals surface area contributed by atoms with E-state index in [-0.39, 0.29) is 11.4 Å². The van der Waals surface area contributed by atoms with Crippen LogP contribution in [0.4, 0.5) is 5.95 Å². The molecule has 1 fully saturated rings. The molecule has 0 radical (unpaired) electrons. The molecule has 11 heteroatoms. The SMILES string of the molecule is COc1cccc(-c2nnc(NSC(C)C(OC)c3ncc(Cl)cn3)n2C2CCC2)n1. The van der Waals surface area contributed by atoms with Gasteiger partial charge in [0.25, 0.3) is 0 Å². The Kier molecular flexibility index (Phi) is 6.89. The van der Waals surface area contributed by atoms with Gasteiger partial charge in [-0.3, -0.25) is 9.29 Å². The summed E-state index contributed by atoms with van der Waals surface area (Å²) in [5.41, 5.74) is 0.731. The molecule has 164 valence electrons. The van der Waals surface area contributed by atoms with E-state index in [1.165, 1.54) is 18.4 Å². The second kappa shape index (κ2) is 9.80. The Morgan fingerprint density at radius 1 is 1.19 bits per heavy atom. The van der Waals surface area contributed by atoms with Crippen molar-refractivity contribution >= 4 is 29.5 Å². The number of rotatable bonds is 9. The lowest BCUT2D eigenvalue weighted by Crippen LogP contribution is -2.21. The second-order valence-corrected chi connectivity index (χ2v) is 8.83. The molecule has 1 aliphatic rings. The van der Waals surface area contributed by atoms with Gasteiger partial charge >= 0.3 is 0 Å². The van der Waals surface area contributed by atoms with Crippen LogP contribution in [0.1, 0.15) is 44.2 Å². The van der Waals surface area contributed by atoms with Gasteiger partial charge < -0.3 is 9.47 Å². The minimum atomic E-state index is -0.311. The van der Waals surface area contributed by atoms with Crippen LogP contribution in [-0.2, 0) is 4.74 Å². The summed E-state index contributed by atoms with van der Waals surface area (Å²) in [6.45, 7) is 2.04. The van der Waals surface area contributed by atoms with Crippen LogP contribution in [0, 0.1) is 0 Å². The highest BCUT2D eigenvalue weighted by molar-refractivity contribution is 8.01. The summed E-state index contributed by atoms with van der Waals surface area (Å²) >= 11 is 7.39. The van der Waals surface area contributed by atoms with Crippen molar-refractivity contribution in [2.45, 2.75) is 43.6 Å². The zero-order valence-electron chi connectivity index (χ0n) is 17.5. The highest BCUT2D eigenvalue weighted by Gasteiger charge is 2.29. The molecule has 3 aromatic rings. The lowest BCUT2D eigenvalue weighted by molar-refractivity contribution is 0.0972. The lowest BCUT2D eigenvalue weighted by atomic mass is 9.93. The molecule has 2 atom stereocenters. The number of hydrogen-bond acceptors (Lipinski definition) is 9. The molecule has 3 aromatic heterocycles. The third-order valence-electron chi connectivity index (χ3n) is 5.21. The summed E-state index contributed by atoms with van der Waals surface area (Å²) in [6, 6.07) is 5.98. The molecular weight excluding hydrogens is 438 g/mol. The zero-order chi connectivity index (χ0) is 21.8. The Hall–Kier alpha value is -2.43. The number of aromatic nitrogens is 6. The first-order chi connectivity index (χ1) is 15.1. The van der Waals surface area contributed by atoms with Gasteiger partial charge in [0.2, 0.25) is 11.8 Å². The maximum atomic E-state index is 5.90. The molecule has 9 nitrogen and oxygen atoms in total. The van der Waals surface area contributed by atoms with Gasteiger partial charge in [-0.1, -0.05) is 17.7 Å². The number of nitrogens with zero attached hydrogens (tertiary/aromatic N) is 6. The highest BCUT2D eigenvalue weighted by Crippen LogP contribution is 2.38. The predicted molar refractivity (Wildman–Crippen MR) is 120 cm³/mol. The molecule has 0 bridgehead atoms. The Morgan fingerprint density at radius 3 is 2.61 bits per heavy atom. The van der Waals surface area contributed by atoms with Crippen molar-refractivity contribution in [2.75, 3.05) is 18.9 Å². The second-order valence-electron chi connectivity index (χ2n) is 7.21. The van der Waals surface area contributed by atoms with Crippen molar-refractivity contribution in [1.29, 1.82) is 0 Å². The molecule has 1 saturated carbocycles. The number of pyridine rings is 1. The summed E-state index contributed by atoms with van der Waals surface area (Å²) < 4.78 is 16.4. The van der Waals surface area contributed by atoms with Gasteiger partial charge in [0.15, 0.2) is 11.6 Å². The Labute approximate surface area is 190 Å².